The van der Waals surface area contributed by atoms with E-state index in [4.69, 9.17) is 9.15 Å². The van der Waals surface area contributed by atoms with Gasteiger partial charge in [0.1, 0.15) is 11.5 Å². The first-order chi connectivity index (χ1) is 9.22. The van der Waals surface area contributed by atoms with E-state index in [0.29, 0.717) is 18.0 Å². The Hall–Kier alpha value is -1.95. The monoisotopic (exact) mass is 322 g/mol. The third kappa shape index (κ3) is 2.58. The van der Waals surface area contributed by atoms with Crippen molar-refractivity contribution in [2.75, 3.05) is 17.2 Å². The quantitative estimate of drug-likeness (QED) is 0.911. The van der Waals surface area contributed by atoms with Gasteiger partial charge in [-0.15, -0.1) is 0 Å². The number of amides is 1. The fourth-order valence-electron chi connectivity index (χ4n) is 1.83. The van der Waals surface area contributed by atoms with Gasteiger partial charge in [0.2, 0.25) is 0 Å². The van der Waals surface area contributed by atoms with Crippen LogP contribution in [0.1, 0.15) is 5.76 Å². The van der Waals surface area contributed by atoms with Crippen LogP contribution in [0.2, 0.25) is 0 Å². The lowest BCUT2D eigenvalue weighted by Gasteiger charge is -2.18. The summed E-state index contributed by atoms with van der Waals surface area (Å²) in [6.07, 6.45) is 1.63. The number of rotatable bonds is 3. The first-order valence-electron chi connectivity index (χ1n) is 5.75. The van der Waals surface area contributed by atoms with Crippen molar-refractivity contribution in [3.8, 4) is 5.75 Å². The maximum atomic E-state index is 11.2. The van der Waals surface area contributed by atoms with E-state index in [1.165, 1.54) is 0 Å². The van der Waals surface area contributed by atoms with Crippen molar-refractivity contribution in [3.05, 3.63) is 40.8 Å². The molecule has 0 aliphatic carbocycles. The molecule has 1 amide bonds. The molecule has 0 spiro atoms. The SMILES string of the molecule is O=C1COc2ccc(NCc3occc3Br)cc2N1. The third-order valence-corrected chi connectivity index (χ3v) is 3.46. The zero-order valence-corrected chi connectivity index (χ0v) is 11.5. The second kappa shape index (κ2) is 4.97. The van der Waals surface area contributed by atoms with Gasteiger partial charge in [-0.25, -0.2) is 0 Å². The Morgan fingerprint density at radius 1 is 1.37 bits per heavy atom. The Morgan fingerprint density at radius 2 is 2.26 bits per heavy atom. The highest BCUT2D eigenvalue weighted by Gasteiger charge is 2.15. The third-order valence-electron chi connectivity index (χ3n) is 2.76. The zero-order valence-electron chi connectivity index (χ0n) is 9.90. The summed E-state index contributed by atoms with van der Waals surface area (Å²) in [7, 11) is 0. The molecule has 2 N–H and O–H groups in total. The number of carbonyl (C=O) groups is 1. The van der Waals surface area contributed by atoms with Gasteiger partial charge in [-0.05, 0) is 40.2 Å². The molecule has 0 saturated heterocycles. The summed E-state index contributed by atoms with van der Waals surface area (Å²) in [5.41, 5.74) is 1.56. The molecule has 1 aromatic heterocycles. The predicted molar refractivity (Wildman–Crippen MR) is 74.3 cm³/mol. The predicted octanol–water partition coefficient (Wildman–Crippen LogP) is 2.99. The van der Waals surface area contributed by atoms with E-state index < -0.39 is 0 Å². The van der Waals surface area contributed by atoms with E-state index >= 15 is 0 Å². The van der Waals surface area contributed by atoms with Crippen LogP contribution in [0.25, 0.3) is 0 Å². The van der Waals surface area contributed by atoms with E-state index in [1.807, 2.05) is 24.3 Å². The number of furan rings is 1. The van der Waals surface area contributed by atoms with Crippen molar-refractivity contribution in [3.63, 3.8) is 0 Å². The number of anilines is 2. The molecule has 5 nitrogen and oxygen atoms in total. The highest BCUT2D eigenvalue weighted by molar-refractivity contribution is 9.10. The average molecular weight is 323 g/mol. The molecule has 1 aliphatic rings. The normalized spacial score (nSPS) is 13.4. The van der Waals surface area contributed by atoms with Gasteiger partial charge >= 0.3 is 0 Å². The summed E-state index contributed by atoms with van der Waals surface area (Å²) < 4.78 is 11.5. The van der Waals surface area contributed by atoms with Crippen molar-refractivity contribution >= 4 is 33.2 Å². The Morgan fingerprint density at radius 3 is 3.05 bits per heavy atom. The minimum absolute atomic E-state index is 0.0686. The van der Waals surface area contributed by atoms with Crippen LogP contribution in [0.15, 0.2) is 39.4 Å². The zero-order chi connectivity index (χ0) is 13.2. The number of fused-ring (bicyclic) bond motifs is 1. The van der Waals surface area contributed by atoms with Crippen LogP contribution >= 0.6 is 15.9 Å². The Labute approximate surface area is 118 Å². The van der Waals surface area contributed by atoms with E-state index in [9.17, 15) is 4.79 Å². The lowest BCUT2D eigenvalue weighted by molar-refractivity contribution is -0.118. The van der Waals surface area contributed by atoms with Crippen LogP contribution in [0, 0.1) is 0 Å². The van der Waals surface area contributed by atoms with E-state index in [-0.39, 0.29) is 12.5 Å². The van der Waals surface area contributed by atoms with Crippen LogP contribution in [-0.4, -0.2) is 12.5 Å². The second-order valence-corrected chi connectivity index (χ2v) is 4.95. The molecule has 0 fully saturated rings. The highest BCUT2D eigenvalue weighted by Crippen LogP contribution is 2.30. The summed E-state index contributed by atoms with van der Waals surface area (Å²) in [5.74, 6) is 1.36. The maximum Gasteiger partial charge on any atom is 0.262 e. The molecule has 2 heterocycles. The van der Waals surface area contributed by atoms with Gasteiger partial charge in [-0.2, -0.15) is 0 Å². The highest BCUT2D eigenvalue weighted by atomic mass is 79.9. The molecule has 0 atom stereocenters. The number of hydrogen-bond acceptors (Lipinski definition) is 4. The lowest BCUT2D eigenvalue weighted by Crippen LogP contribution is -2.25. The van der Waals surface area contributed by atoms with Gasteiger partial charge in [-0.1, -0.05) is 0 Å². The van der Waals surface area contributed by atoms with Crippen molar-refractivity contribution in [2.24, 2.45) is 0 Å². The smallest absolute Gasteiger partial charge is 0.262 e. The minimum Gasteiger partial charge on any atom is -0.482 e. The average Bonchev–Trinajstić information content (AvgIpc) is 2.81. The molecule has 0 unspecified atom stereocenters. The standard InChI is InChI=1S/C13H11BrN2O3/c14-9-3-4-18-12(9)6-15-8-1-2-11-10(5-8)16-13(17)7-19-11/h1-5,15H,6-7H2,(H,16,17). The molecular weight excluding hydrogens is 312 g/mol. The summed E-state index contributed by atoms with van der Waals surface area (Å²) in [5, 5.41) is 5.99. The molecule has 1 aliphatic heterocycles. The number of benzene rings is 1. The van der Waals surface area contributed by atoms with Crippen LogP contribution in [-0.2, 0) is 11.3 Å². The van der Waals surface area contributed by atoms with E-state index in [0.717, 1.165) is 15.9 Å². The molecule has 3 rings (SSSR count). The van der Waals surface area contributed by atoms with Crippen LogP contribution in [0.5, 0.6) is 5.75 Å². The lowest BCUT2D eigenvalue weighted by atomic mass is 10.2. The first-order valence-corrected chi connectivity index (χ1v) is 6.54. The number of nitrogens with one attached hydrogen (secondary N) is 2. The fraction of sp³-hybridized carbons (Fsp3) is 0.154. The van der Waals surface area contributed by atoms with Crippen molar-refractivity contribution < 1.29 is 13.9 Å². The Bertz CT molecular complexity index is 624. The molecule has 2 aromatic rings. The fourth-order valence-corrected chi connectivity index (χ4v) is 2.17. The first kappa shape index (κ1) is 12.1. The van der Waals surface area contributed by atoms with Gasteiger partial charge < -0.3 is 19.8 Å². The Balaban J connectivity index is 1.74. The summed E-state index contributed by atoms with van der Waals surface area (Å²) in [6.45, 7) is 0.625. The molecule has 1 aromatic carbocycles. The molecule has 0 saturated carbocycles. The Kier molecular flexibility index (Phi) is 3.16. The van der Waals surface area contributed by atoms with E-state index in [1.54, 1.807) is 6.26 Å². The second-order valence-electron chi connectivity index (χ2n) is 4.09. The van der Waals surface area contributed by atoms with Crippen molar-refractivity contribution in [2.45, 2.75) is 6.54 Å². The number of ether oxygens (including phenoxy) is 1. The molecular formula is C13H11BrN2O3. The largest absolute Gasteiger partial charge is 0.482 e. The minimum atomic E-state index is -0.140. The summed E-state index contributed by atoms with van der Waals surface area (Å²) in [6, 6.07) is 7.41. The molecule has 0 bridgehead atoms. The summed E-state index contributed by atoms with van der Waals surface area (Å²) >= 11 is 3.40. The van der Waals surface area contributed by atoms with Crippen molar-refractivity contribution in [1.29, 1.82) is 0 Å². The molecule has 98 valence electrons. The van der Waals surface area contributed by atoms with Gasteiger partial charge in [-0.3, -0.25) is 4.79 Å². The van der Waals surface area contributed by atoms with Gasteiger partial charge in [0.15, 0.2) is 6.61 Å². The maximum absolute atomic E-state index is 11.2. The topological polar surface area (TPSA) is 63.5 Å². The number of halogens is 1. The van der Waals surface area contributed by atoms with Crippen molar-refractivity contribution in [1.82, 2.24) is 0 Å². The summed E-state index contributed by atoms with van der Waals surface area (Å²) in [4.78, 5) is 11.2. The molecule has 19 heavy (non-hydrogen) atoms. The van der Waals surface area contributed by atoms with Crippen LogP contribution in [0.4, 0.5) is 11.4 Å². The van der Waals surface area contributed by atoms with Gasteiger partial charge in [0.05, 0.1) is 23.0 Å². The molecule has 0 radical (unpaired) electrons. The number of carbonyl (C=O) groups excluding carboxylic acids is 1. The van der Waals surface area contributed by atoms with Crippen LogP contribution in [0.3, 0.4) is 0 Å². The molecule has 6 heteroatoms. The van der Waals surface area contributed by atoms with Gasteiger partial charge in [0.25, 0.3) is 5.91 Å². The van der Waals surface area contributed by atoms with Gasteiger partial charge in [0, 0.05) is 5.69 Å². The van der Waals surface area contributed by atoms with Crippen LogP contribution < -0.4 is 15.4 Å². The van der Waals surface area contributed by atoms with E-state index in [2.05, 4.69) is 26.6 Å². The number of hydrogen-bond donors (Lipinski definition) is 2.